The zero-order valence-corrected chi connectivity index (χ0v) is 10.4. The summed E-state index contributed by atoms with van der Waals surface area (Å²) in [5.74, 6) is 0.572. The Morgan fingerprint density at radius 2 is 1.94 bits per heavy atom. The van der Waals surface area contributed by atoms with Crippen molar-refractivity contribution in [3.8, 4) is 11.6 Å². The minimum absolute atomic E-state index is 0.365. The number of rotatable bonds is 3. The molecule has 0 unspecified atom stereocenters. The third kappa shape index (κ3) is 2.14. The molecule has 2 rings (SSSR count). The van der Waals surface area contributed by atoms with E-state index >= 15 is 0 Å². The van der Waals surface area contributed by atoms with E-state index in [9.17, 15) is 0 Å². The quantitative estimate of drug-likeness (QED) is 0.780. The van der Waals surface area contributed by atoms with Crippen LogP contribution in [0.2, 0.25) is 0 Å². The summed E-state index contributed by atoms with van der Waals surface area (Å²) in [6.07, 6.45) is 1.64. The average Bonchev–Trinajstić information content (AvgIpc) is 2.82. The second kappa shape index (κ2) is 4.97. The molecule has 1 heterocycles. The molecule has 88 valence electrons. The Balaban J connectivity index is 2.50. The first-order chi connectivity index (χ1) is 8.27. The number of aromatic nitrogens is 2. The Hall–Kier alpha value is -1.88. The smallest absolute Gasteiger partial charge is 0.228 e. The predicted molar refractivity (Wildman–Crippen MR) is 68.8 cm³/mol. The van der Waals surface area contributed by atoms with E-state index in [2.05, 4.69) is 5.10 Å². The van der Waals surface area contributed by atoms with Gasteiger partial charge >= 0.3 is 0 Å². The highest BCUT2D eigenvalue weighted by atomic mass is 32.1. The first-order valence-corrected chi connectivity index (χ1v) is 5.44. The number of ether oxygens (including phenoxy) is 2. The minimum Gasteiger partial charge on any atom is -0.486 e. The fourth-order valence-electron chi connectivity index (χ4n) is 1.54. The molecule has 0 radical (unpaired) electrons. The maximum atomic E-state index is 5.33. The van der Waals surface area contributed by atoms with Gasteiger partial charge in [-0.05, 0) is 24.4 Å². The molecule has 2 aromatic rings. The number of nitrogens with zero attached hydrogens (tertiary/aromatic N) is 2. The topological polar surface area (TPSA) is 36.3 Å². The molecule has 4 nitrogen and oxygen atoms in total. The van der Waals surface area contributed by atoms with Gasteiger partial charge in [-0.1, -0.05) is 18.2 Å². The summed E-state index contributed by atoms with van der Waals surface area (Å²) < 4.78 is 12.0. The number of benzene rings is 1. The summed E-state index contributed by atoms with van der Waals surface area (Å²) in [5, 5.41) is 4.62. The maximum absolute atomic E-state index is 5.33. The van der Waals surface area contributed by atoms with Crippen molar-refractivity contribution in [3.05, 3.63) is 42.1 Å². The van der Waals surface area contributed by atoms with Gasteiger partial charge in [0.05, 0.1) is 26.1 Å². The van der Waals surface area contributed by atoms with Crippen LogP contribution in [-0.2, 0) is 4.74 Å². The lowest BCUT2D eigenvalue weighted by molar-refractivity contribution is 0.376. The van der Waals surface area contributed by atoms with Crippen LogP contribution in [0.3, 0.4) is 0 Å². The van der Waals surface area contributed by atoms with E-state index in [4.69, 9.17) is 21.7 Å². The van der Waals surface area contributed by atoms with E-state index in [-0.39, 0.29) is 0 Å². The van der Waals surface area contributed by atoms with Crippen molar-refractivity contribution < 1.29 is 9.47 Å². The second-order valence-corrected chi connectivity index (χ2v) is 3.68. The molecule has 5 heteroatoms. The molecule has 0 saturated carbocycles. The van der Waals surface area contributed by atoms with Gasteiger partial charge in [-0.15, -0.1) is 0 Å². The van der Waals surface area contributed by atoms with Crippen LogP contribution in [0.4, 0.5) is 0 Å². The van der Waals surface area contributed by atoms with E-state index in [0.717, 1.165) is 5.69 Å². The van der Waals surface area contributed by atoms with Crippen molar-refractivity contribution in [1.82, 2.24) is 9.78 Å². The molecule has 0 bridgehead atoms. The Kier molecular flexibility index (Phi) is 3.39. The van der Waals surface area contributed by atoms with Crippen LogP contribution in [0.25, 0.3) is 5.69 Å². The number of para-hydroxylation sites is 1. The fourth-order valence-corrected chi connectivity index (χ4v) is 1.68. The van der Waals surface area contributed by atoms with E-state index in [1.165, 1.54) is 7.11 Å². The first-order valence-electron chi connectivity index (χ1n) is 5.03. The summed E-state index contributed by atoms with van der Waals surface area (Å²) in [4.78, 5) is 0. The molecule has 0 saturated heterocycles. The van der Waals surface area contributed by atoms with E-state index in [0.29, 0.717) is 16.5 Å². The SMILES string of the molecule is COC(=S)c1cnn(-c2ccccc2)c1OC. The van der Waals surface area contributed by atoms with Crippen molar-refractivity contribution in [2.45, 2.75) is 0 Å². The third-order valence-corrected chi connectivity index (χ3v) is 2.71. The van der Waals surface area contributed by atoms with Gasteiger partial charge in [-0.3, -0.25) is 0 Å². The fraction of sp³-hybridized carbons (Fsp3) is 0.167. The summed E-state index contributed by atoms with van der Waals surface area (Å²) in [6.45, 7) is 0. The summed E-state index contributed by atoms with van der Waals surface area (Å²) in [6, 6.07) is 9.69. The lowest BCUT2D eigenvalue weighted by atomic mass is 10.3. The third-order valence-electron chi connectivity index (χ3n) is 2.32. The molecule has 0 fully saturated rings. The largest absolute Gasteiger partial charge is 0.486 e. The molecule has 0 aliphatic heterocycles. The van der Waals surface area contributed by atoms with Crippen molar-refractivity contribution in [2.75, 3.05) is 14.2 Å². The van der Waals surface area contributed by atoms with Crippen LogP contribution in [0.15, 0.2) is 36.5 Å². The van der Waals surface area contributed by atoms with Crippen LogP contribution in [0, 0.1) is 0 Å². The van der Waals surface area contributed by atoms with Gasteiger partial charge in [0.1, 0.15) is 5.56 Å². The average molecular weight is 248 g/mol. The second-order valence-electron chi connectivity index (χ2n) is 3.31. The first kappa shape index (κ1) is 11.6. The van der Waals surface area contributed by atoms with Crippen LogP contribution < -0.4 is 4.74 Å². The molecule has 17 heavy (non-hydrogen) atoms. The van der Waals surface area contributed by atoms with E-state index in [1.54, 1.807) is 18.0 Å². The molecular weight excluding hydrogens is 236 g/mol. The minimum atomic E-state index is 0.365. The van der Waals surface area contributed by atoms with Gasteiger partial charge in [-0.2, -0.15) is 5.10 Å². The van der Waals surface area contributed by atoms with Crippen molar-refractivity contribution in [2.24, 2.45) is 0 Å². The van der Waals surface area contributed by atoms with Crippen LogP contribution in [0.5, 0.6) is 5.88 Å². The van der Waals surface area contributed by atoms with E-state index < -0.39 is 0 Å². The van der Waals surface area contributed by atoms with Crippen LogP contribution >= 0.6 is 12.2 Å². The van der Waals surface area contributed by atoms with Gasteiger partial charge in [0.2, 0.25) is 5.88 Å². The molecule has 0 aliphatic carbocycles. The summed E-state index contributed by atoms with van der Waals surface area (Å²) in [5.41, 5.74) is 1.59. The van der Waals surface area contributed by atoms with Gasteiger partial charge in [0.15, 0.2) is 5.05 Å². The summed E-state index contributed by atoms with van der Waals surface area (Å²) >= 11 is 5.08. The monoisotopic (exact) mass is 248 g/mol. The van der Waals surface area contributed by atoms with Gasteiger partial charge < -0.3 is 9.47 Å². The molecular formula is C12H12N2O2S. The van der Waals surface area contributed by atoms with Gasteiger partial charge in [0, 0.05) is 0 Å². The molecule has 1 aromatic carbocycles. The highest BCUT2D eigenvalue weighted by Gasteiger charge is 2.16. The predicted octanol–water partition coefficient (Wildman–Crippen LogP) is 2.20. The Bertz CT molecular complexity index is 523. The molecule has 0 aliphatic rings. The molecule has 0 N–H and O–H groups in total. The van der Waals surface area contributed by atoms with E-state index in [1.807, 2.05) is 30.3 Å². The highest BCUT2D eigenvalue weighted by molar-refractivity contribution is 7.80. The number of hydrogen-bond donors (Lipinski definition) is 0. The van der Waals surface area contributed by atoms with Crippen molar-refractivity contribution in [3.63, 3.8) is 0 Å². The lowest BCUT2D eigenvalue weighted by Gasteiger charge is -2.07. The lowest BCUT2D eigenvalue weighted by Crippen LogP contribution is -2.04. The molecule has 0 atom stereocenters. The zero-order valence-electron chi connectivity index (χ0n) is 9.58. The Morgan fingerprint density at radius 3 is 2.53 bits per heavy atom. The molecule has 0 amide bonds. The number of methoxy groups -OCH3 is 2. The number of thiocarbonyl (C=S) groups is 1. The maximum Gasteiger partial charge on any atom is 0.228 e. The zero-order chi connectivity index (χ0) is 12.3. The van der Waals surface area contributed by atoms with Crippen molar-refractivity contribution >= 4 is 17.3 Å². The molecule has 0 spiro atoms. The Morgan fingerprint density at radius 1 is 1.24 bits per heavy atom. The number of hydrogen-bond acceptors (Lipinski definition) is 4. The Labute approximate surface area is 105 Å². The highest BCUT2D eigenvalue weighted by Crippen LogP contribution is 2.23. The van der Waals surface area contributed by atoms with Crippen LogP contribution in [-0.4, -0.2) is 29.1 Å². The van der Waals surface area contributed by atoms with Crippen LogP contribution in [0.1, 0.15) is 5.56 Å². The summed E-state index contributed by atoms with van der Waals surface area (Å²) in [7, 11) is 3.11. The van der Waals surface area contributed by atoms with Crippen molar-refractivity contribution in [1.29, 1.82) is 0 Å². The molecule has 1 aromatic heterocycles. The van der Waals surface area contributed by atoms with Gasteiger partial charge in [0.25, 0.3) is 0 Å². The van der Waals surface area contributed by atoms with Gasteiger partial charge in [-0.25, -0.2) is 4.68 Å². The normalized spacial score (nSPS) is 10.0. The standard InChI is InChI=1S/C12H12N2O2S/c1-15-11-10(12(17)16-2)8-13-14(11)9-6-4-3-5-7-9/h3-8H,1-2H3.